The Hall–Kier alpha value is -2.40. The van der Waals surface area contributed by atoms with Crippen LogP contribution in [0.5, 0.6) is 0 Å². The number of hydrogen-bond acceptors (Lipinski definition) is 2. The van der Waals surface area contributed by atoms with E-state index < -0.39 is 5.54 Å². The maximum atomic E-state index is 13.3. The first-order chi connectivity index (χ1) is 14.3. The summed E-state index contributed by atoms with van der Waals surface area (Å²) >= 11 is 3.56. The highest BCUT2D eigenvalue weighted by atomic mass is 79.9. The van der Waals surface area contributed by atoms with E-state index in [2.05, 4.69) is 94.8 Å². The SMILES string of the molecule is CCN(C(=O)CCC1(c2ccc(Br)cc2)c2ccccc2-c2nccn21)C(C)(C)C. The third kappa shape index (κ3) is 3.29. The summed E-state index contributed by atoms with van der Waals surface area (Å²) < 4.78 is 3.29. The summed E-state index contributed by atoms with van der Waals surface area (Å²) in [6, 6.07) is 16.9. The Bertz CT molecular complexity index is 1060. The lowest BCUT2D eigenvalue weighted by atomic mass is 9.79. The van der Waals surface area contributed by atoms with Crippen LogP contribution < -0.4 is 0 Å². The lowest BCUT2D eigenvalue weighted by Gasteiger charge is -2.37. The van der Waals surface area contributed by atoms with Crippen LogP contribution >= 0.6 is 15.9 Å². The largest absolute Gasteiger partial charge is 0.338 e. The molecule has 0 fully saturated rings. The van der Waals surface area contributed by atoms with E-state index in [1.54, 1.807) is 0 Å². The predicted octanol–water partition coefficient (Wildman–Crippen LogP) is 5.85. The summed E-state index contributed by atoms with van der Waals surface area (Å²) in [7, 11) is 0. The van der Waals surface area contributed by atoms with Crippen LogP contribution in [0.25, 0.3) is 11.4 Å². The molecule has 0 aliphatic carbocycles. The molecule has 4 rings (SSSR count). The summed E-state index contributed by atoms with van der Waals surface area (Å²) in [5, 5.41) is 0. The smallest absolute Gasteiger partial charge is 0.223 e. The molecule has 1 aromatic heterocycles. The molecule has 0 saturated carbocycles. The van der Waals surface area contributed by atoms with Crippen molar-refractivity contribution in [1.29, 1.82) is 0 Å². The number of hydrogen-bond donors (Lipinski definition) is 0. The Kier molecular flexibility index (Phi) is 5.35. The van der Waals surface area contributed by atoms with E-state index in [0.29, 0.717) is 19.4 Å². The Morgan fingerprint density at radius 2 is 1.83 bits per heavy atom. The van der Waals surface area contributed by atoms with Crippen molar-refractivity contribution < 1.29 is 4.79 Å². The molecule has 30 heavy (non-hydrogen) atoms. The van der Waals surface area contributed by atoms with Crippen LogP contribution in [0.4, 0.5) is 0 Å². The molecule has 0 N–H and O–H groups in total. The molecular weight excluding hydrogens is 438 g/mol. The van der Waals surface area contributed by atoms with Crippen molar-refractivity contribution >= 4 is 21.8 Å². The van der Waals surface area contributed by atoms with Crippen LogP contribution in [0, 0.1) is 0 Å². The van der Waals surface area contributed by atoms with Crippen LogP contribution in [-0.2, 0) is 10.3 Å². The molecule has 3 aromatic rings. The van der Waals surface area contributed by atoms with Gasteiger partial charge in [0.25, 0.3) is 0 Å². The maximum absolute atomic E-state index is 13.3. The van der Waals surface area contributed by atoms with Gasteiger partial charge in [0.15, 0.2) is 0 Å². The molecule has 4 nitrogen and oxygen atoms in total. The van der Waals surface area contributed by atoms with Crippen molar-refractivity contribution in [3.63, 3.8) is 0 Å². The number of aromatic nitrogens is 2. The zero-order valence-corrected chi connectivity index (χ0v) is 19.6. The van der Waals surface area contributed by atoms with Gasteiger partial charge in [0.05, 0.1) is 5.54 Å². The van der Waals surface area contributed by atoms with Gasteiger partial charge in [0, 0.05) is 40.9 Å². The van der Waals surface area contributed by atoms with Crippen molar-refractivity contribution in [2.45, 2.75) is 51.6 Å². The Labute approximate surface area is 187 Å². The molecule has 0 spiro atoms. The molecule has 5 heteroatoms. The first-order valence-corrected chi connectivity index (χ1v) is 11.3. The predicted molar refractivity (Wildman–Crippen MR) is 124 cm³/mol. The van der Waals surface area contributed by atoms with Crippen LogP contribution in [0.2, 0.25) is 0 Å². The lowest BCUT2D eigenvalue weighted by Crippen LogP contribution is -2.46. The molecule has 0 saturated heterocycles. The normalized spacial score (nSPS) is 17.5. The number of amides is 1. The van der Waals surface area contributed by atoms with Gasteiger partial charge in [-0.05, 0) is 57.4 Å². The van der Waals surface area contributed by atoms with Gasteiger partial charge in [-0.25, -0.2) is 4.98 Å². The summed E-state index contributed by atoms with van der Waals surface area (Å²) in [6.45, 7) is 9.04. The van der Waals surface area contributed by atoms with E-state index in [1.165, 1.54) is 11.1 Å². The van der Waals surface area contributed by atoms with Crippen molar-refractivity contribution in [2.75, 3.05) is 6.54 Å². The molecule has 1 aliphatic heterocycles. The summed E-state index contributed by atoms with van der Waals surface area (Å²) in [5.74, 6) is 1.15. The van der Waals surface area contributed by atoms with Gasteiger partial charge < -0.3 is 9.47 Å². The second-order valence-electron chi connectivity index (χ2n) is 8.84. The molecule has 156 valence electrons. The van der Waals surface area contributed by atoms with Crippen LogP contribution in [-0.4, -0.2) is 32.4 Å². The number of fused-ring (bicyclic) bond motifs is 3. The van der Waals surface area contributed by atoms with Crippen molar-refractivity contribution in [1.82, 2.24) is 14.5 Å². The molecule has 1 aliphatic rings. The number of carbonyl (C=O) groups is 1. The number of carbonyl (C=O) groups excluding carboxylic acids is 1. The van der Waals surface area contributed by atoms with E-state index in [0.717, 1.165) is 15.9 Å². The fourth-order valence-corrected chi connectivity index (χ4v) is 5.11. The molecule has 0 bridgehead atoms. The minimum atomic E-state index is -0.448. The average molecular weight is 466 g/mol. The van der Waals surface area contributed by atoms with E-state index >= 15 is 0 Å². The zero-order chi connectivity index (χ0) is 21.5. The number of imidazole rings is 1. The third-order valence-corrected chi connectivity index (χ3v) is 6.64. The highest BCUT2D eigenvalue weighted by Gasteiger charge is 2.45. The highest BCUT2D eigenvalue weighted by molar-refractivity contribution is 9.10. The second kappa shape index (κ2) is 7.69. The van der Waals surface area contributed by atoms with E-state index in [9.17, 15) is 4.79 Å². The van der Waals surface area contributed by atoms with Gasteiger partial charge in [0.2, 0.25) is 5.91 Å². The average Bonchev–Trinajstić information content (AvgIpc) is 3.28. The van der Waals surface area contributed by atoms with Gasteiger partial charge >= 0.3 is 0 Å². The topological polar surface area (TPSA) is 38.1 Å². The second-order valence-corrected chi connectivity index (χ2v) is 9.76. The molecule has 2 aromatic carbocycles. The monoisotopic (exact) mass is 465 g/mol. The van der Waals surface area contributed by atoms with Gasteiger partial charge in [-0.2, -0.15) is 0 Å². The molecular formula is C25H28BrN3O. The zero-order valence-electron chi connectivity index (χ0n) is 18.0. The molecule has 1 unspecified atom stereocenters. The Morgan fingerprint density at radius 1 is 1.13 bits per heavy atom. The van der Waals surface area contributed by atoms with Crippen molar-refractivity contribution in [3.8, 4) is 11.4 Å². The third-order valence-electron chi connectivity index (χ3n) is 6.12. The quantitative estimate of drug-likeness (QED) is 0.474. The molecule has 2 heterocycles. The van der Waals surface area contributed by atoms with Crippen LogP contribution in [0.3, 0.4) is 0 Å². The fraction of sp³-hybridized carbons (Fsp3) is 0.360. The number of nitrogens with zero attached hydrogens (tertiary/aromatic N) is 3. The van der Waals surface area contributed by atoms with Crippen molar-refractivity contribution in [2.24, 2.45) is 0 Å². The van der Waals surface area contributed by atoms with Gasteiger partial charge in [0.1, 0.15) is 5.82 Å². The first kappa shape index (κ1) is 20.9. The number of benzene rings is 2. The first-order valence-electron chi connectivity index (χ1n) is 10.5. The van der Waals surface area contributed by atoms with Crippen molar-refractivity contribution in [3.05, 3.63) is 76.5 Å². The van der Waals surface area contributed by atoms with E-state index in [-0.39, 0.29) is 11.4 Å². The Morgan fingerprint density at radius 3 is 2.50 bits per heavy atom. The highest BCUT2D eigenvalue weighted by Crippen LogP contribution is 2.49. The summed E-state index contributed by atoms with van der Waals surface area (Å²) in [4.78, 5) is 19.9. The van der Waals surface area contributed by atoms with Crippen LogP contribution in [0.15, 0.2) is 65.4 Å². The molecule has 1 atom stereocenters. The van der Waals surface area contributed by atoms with E-state index in [4.69, 9.17) is 0 Å². The molecule has 0 radical (unpaired) electrons. The van der Waals surface area contributed by atoms with E-state index in [1.807, 2.05) is 24.2 Å². The summed E-state index contributed by atoms with van der Waals surface area (Å²) in [5.41, 5.74) is 2.88. The minimum absolute atomic E-state index is 0.188. The molecule has 1 amide bonds. The fourth-order valence-electron chi connectivity index (χ4n) is 4.85. The van der Waals surface area contributed by atoms with Gasteiger partial charge in [-0.1, -0.05) is 52.3 Å². The maximum Gasteiger partial charge on any atom is 0.223 e. The minimum Gasteiger partial charge on any atom is -0.338 e. The summed E-state index contributed by atoms with van der Waals surface area (Å²) in [6.07, 6.45) is 5.05. The number of halogens is 1. The standard InChI is InChI=1S/C25H28BrN3O/c1-5-28(24(2,3)4)22(30)14-15-25(18-10-12-19(26)13-11-18)21-9-7-6-8-20(21)23-27-16-17-29(23)25/h6-13,16-17H,5,14-15H2,1-4H3. The van der Waals surface area contributed by atoms with Gasteiger partial charge in [-0.15, -0.1) is 0 Å². The van der Waals surface area contributed by atoms with Crippen LogP contribution in [0.1, 0.15) is 51.7 Å². The lowest BCUT2D eigenvalue weighted by molar-refractivity contribution is -0.136. The number of rotatable bonds is 5. The Balaban J connectivity index is 1.82. The van der Waals surface area contributed by atoms with Gasteiger partial charge in [-0.3, -0.25) is 4.79 Å².